The maximum Gasteiger partial charge on any atom is 0.215 e. The van der Waals surface area contributed by atoms with Gasteiger partial charge in [0.1, 0.15) is 0 Å². The lowest BCUT2D eigenvalue weighted by atomic mass is 10.0. The maximum absolute atomic E-state index is 11.6. The summed E-state index contributed by atoms with van der Waals surface area (Å²) in [6.07, 6.45) is 0. The first kappa shape index (κ1) is 25.3. The molecule has 0 aliphatic carbocycles. The van der Waals surface area contributed by atoms with Crippen LogP contribution < -0.4 is 15.4 Å². The van der Waals surface area contributed by atoms with Gasteiger partial charge in [-0.15, -0.1) is 24.0 Å². The summed E-state index contributed by atoms with van der Waals surface area (Å²) in [5.41, 5.74) is 2.81. The first-order valence-electron chi connectivity index (χ1n) is 9.06. The summed E-state index contributed by atoms with van der Waals surface area (Å²) in [5, 5.41) is 16.1. The Morgan fingerprint density at radius 3 is 2.21 bits per heavy atom. The van der Waals surface area contributed by atoms with Crippen LogP contribution in [0.5, 0.6) is 0 Å². The van der Waals surface area contributed by atoms with Crippen LogP contribution in [0.2, 0.25) is 0 Å². The van der Waals surface area contributed by atoms with E-state index in [1.54, 1.807) is 19.2 Å². The van der Waals surface area contributed by atoms with Gasteiger partial charge in [-0.2, -0.15) is 0 Å². The maximum atomic E-state index is 11.6. The van der Waals surface area contributed by atoms with Crippen LogP contribution in [0, 0.1) is 0 Å². The highest BCUT2D eigenvalue weighted by Gasteiger charge is 2.11. The van der Waals surface area contributed by atoms with Gasteiger partial charge in [-0.25, -0.2) is 13.1 Å². The minimum Gasteiger partial charge on any atom is -0.396 e. The topological polar surface area (TPSA) is 103 Å². The second-order valence-electron chi connectivity index (χ2n) is 6.38. The van der Waals surface area contributed by atoms with E-state index < -0.39 is 10.0 Å². The highest BCUT2D eigenvalue weighted by Crippen LogP contribution is 2.13. The van der Waals surface area contributed by atoms with E-state index in [-0.39, 0.29) is 42.3 Å². The number of aliphatic imine (C=N–C) groups is 1. The summed E-state index contributed by atoms with van der Waals surface area (Å²) in [6, 6.07) is 17.2. The molecule has 0 radical (unpaired) electrons. The van der Waals surface area contributed by atoms with Crippen LogP contribution in [0.15, 0.2) is 59.6 Å². The molecule has 1 unspecified atom stereocenters. The fourth-order valence-electron chi connectivity index (χ4n) is 2.68. The van der Waals surface area contributed by atoms with Gasteiger partial charge in [-0.1, -0.05) is 54.6 Å². The molecule has 9 heteroatoms. The van der Waals surface area contributed by atoms with Crippen LogP contribution in [0.3, 0.4) is 0 Å². The summed E-state index contributed by atoms with van der Waals surface area (Å²) in [4.78, 5) is 4.21. The van der Waals surface area contributed by atoms with Gasteiger partial charge < -0.3 is 15.7 Å². The predicted molar refractivity (Wildman–Crippen MR) is 128 cm³/mol. The van der Waals surface area contributed by atoms with Crippen molar-refractivity contribution in [2.75, 3.05) is 27.2 Å². The number of nitrogens with one attached hydrogen (secondary N) is 3. The molecular formula is C20H29IN4O3S. The average molecular weight is 532 g/mol. The number of halogens is 1. The number of benzene rings is 2. The van der Waals surface area contributed by atoms with E-state index >= 15 is 0 Å². The molecule has 2 rings (SSSR count). The van der Waals surface area contributed by atoms with Gasteiger partial charge in [-0.3, -0.25) is 4.99 Å². The van der Waals surface area contributed by atoms with Gasteiger partial charge in [0.2, 0.25) is 10.0 Å². The molecule has 0 aliphatic rings. The molecule has 0 fully saturated rings. The van der Waals surface area contributed by atoms with Crippen LogP contribution in [-0.4, -0.2) is 46.7 Å². The second-order valence-corrected chi connectivity index (χ2v) is 8.30. The van der Waals surface area contributed by atoms with Crippen LogP contribution in [0.1, 0.15) is 22.6 Å². The fourth-order valence-corrected chi connectivity index (χ4v) is 3.46. The normalized spacial score (nSPS) is 12.7. The van der Waals surface area contributed by atoms with Crippen molar-refractivity contribution in [3.8, 4) is 0 Å². The van der Waals surface area contributed by atoms with Gasteiger partial charge in [0.15, 0.2) is 5.96 Å². The van der Waals surface area contributed by atoms with Gasteiger partial charge in [0.05, 0.1) is 12.4 Å². The van der Waals surface area contributed by atoms with Gasteiger partial charge in [-0.05, 0) is 23.7 Å². The molecule has 0 saturated carbocycles. The van der Waals surface area contributed by atoms with Crippen LogP contribution in [-0.2, 0) is 22.3 Å². The van der Waals surface area contributed by atoms with Gasteiger partial charge in [0, 0.05) is 26.1 Å². The summed E-state index contributed by atoms with van der Waals surface area (Å²) in [5.74, 6) is 0.576. The Morgan fingerprint density at radius 1 is 1.03 bits per heavy atom. The van der Waals surface area contributed by atoms with Gasteiger partial charge in [0.25, 0.3) is 0 Å². The third kappa shape index (κ3) is 8.69. The first-order chi connectivity index (χ1) is 13.5. The highest BCUT2D eigenvalue weighted by molar-refractivity contribution is 14.0. The lowest BCUT2D eigenvalue weighted by Crippen LogP contribution is -2.39. The molecule has 0 amide bonds. The van der Waals surface area contributed by atoms with E-state index in [1.807, 2.05) is 42.5 Å². The van der Waals surface area contributed by atoms with Gasteiger partial charge >= 0.3 is 0 Å². The highest BCUT2D eigenvalue weighted by atomic mass is 127. The molecule has 0 bridgehead atoms. The number of nitrogens with zero attached hydrogens (tertiary/aromatic N) is 1. The Balaban J connectivity index is 0.00000420. The number of hydrogen-bond acceptors (Lipinski definition) is 4. The third-order valence-corrected chi connectivity index (χ3v) is 5.72. The Labute approximate surface area is 190 Å². The molecule has 0 aliphatic heterocycles. The van der Waals surface area contributed by atoms with E-state index in [2.05, 4.69) is 20.3 Å². The van der Waals surface area contributed by atoms with Crippen LogP contribution in [0.4, 0.5) is 0 Å². The molecule has 0 heterocycles. The van der Waals surface area contributed by atoms with E-state index in [0.717, 1.165) is 16.7 Å². The Morgan fingerprint density at radius 2 is 1.66 bits per heavy atom. The Bertz CT molecular complexity index is 859. The molecular weight excluding hydrogens is 503 g/mol. The predicted octanol–water partition coefficient (Wildman–Crippen LogP) is 1.79. The monoisotopic (exact) mass is 532 g/mol. The van der Waals surface area contributed by atoms with E-state index in [9.17, 15) is 13.5 Å². The number of aliphatic hydroxyl groups is 1. The van der Waals surface area contributed by atoms with E-state index in [4.69, 9.17) is 0 Å². The van der Waals surface area contributed by atoms with Crippen molar-refractivity contribution in [1.82, 2.24) is 15.4 Å². The zero-order valence-electron chi connectivity index (χ0n) is 16.6. The van der Waals surface area contributed by atoms with Crippen molar-refractivity contribution in [1.29, 1.82) is 0 Å². The van der Waals surface area contributed by atoms with E-state index in [1.165, 1.54) is 7.05 Å². The van der Waals surface area contributed by atoms with Crippen molar-refractivity contribution in [3.05, 3.63) is 71.3 Å². The van der Waals surface area contributed by atoms with Crippen molar-refractivity contribution in [3.63, 3.8) is 0 Å². The summed E-state index contributed by atoms with van der Waals surface area (Å²) in [7, 11) is -0.171. The second kappa shape index (κ2) is 12.8. The molecule has 0 aromatic heterocycles. The first-order valence-corrected chi connectivity index (χ1v) is 10.7. The number of aliphatic hydroxyl groups excluding tert-OH is 1. The summed E-state index contributed by atoms with van der Waals surface area (Å²) < 4.78 is 25.5. The zero-order chi connectivity index (χ0) is 20.4. The third-order valence-electron chi connectivity index (χ3n) is 4.38. The molecule has 1 atom stereocenters. The lowest BCUT2D eigenvalue weighted by molar-refractivity contribution is 0.265. The number of guanidine groups is 1. The average Bonchev–Trinajstić information content (AvgIpc) is 2.72. The largest absolute Gasteiger partial charge is 0.396 e. The zero-order valence-corrected chi connectivity index (χ0v) is 19.8. The lowest BCUT2D eigenvalue weighted by Gasteiger charge is -2.18. The molecule has 2 aromatic carbocycles. The summed E-state index contributed by atoms with van der Waals surface area (Å²) in [6.45, 7) is 1.15. The molecule has 29 heavy (non-hydrogen) atoms. The van der Waals surface area contributed by atoms with Crippen molar-refractivity contribution < 1.29 is 13.5 Å². The van der Waals surface area contributed by atoms with Crippen LogP contribution >= 0.6 is 24.0 Å². The Hall–Kier alpha value is -1.69. The quantitative estimate of drug-likeness (QED) is 0.224. The van der Waals surface area contributed by atoms with Crippen molar-refractivity contribution >= 4 is 40.0 Å². The number of hydrogen-bond donors (Lipinski definition) is 4. The standard InChI is InChI=1S/C20H28N4O3S.HI/c1-21-20(24-13-19(14-25)18-6-4-3-5-7-18)23-12-16-8-10-17(11-9-16)15-28(26,27)22-2;/h3-11,19,22,25H,12-15H2,1-2H3,(H2,21,23,24);1H. The fraction of sp³-hybridized carbons (Fsp3) is 0.350. The molecule has 0 spiro atoms. The SMILES string of the molecule is CN=C(NCc1ccc(CS(=O)(=O)NC)cc1)NCC(CO)c1ccccc1.I. The molecule has 2 aromatic rings. The van der Waals surface area contributed by atoms with Crippen LogP contribution in [0.25, 0.3) is 0 Å². The summed E-state index contributed by atoms with van der Waals surface area (Å²) >= 11 is 0. The molecule has 4 N–H and O–H groups in total. The molecule has 0 saturated heterocycles. The van der Waals surface area contributed by atoms with Crippen molar-refractivity contribution in [2.45, 2.75) is 18.2 Å². The Kier molecular flexibility index (Phi) is 11.2. The minimum absolute atomic E-state index is 0. The molecule has 7 nitrogen and oxygen atoms in total. The minimum atomic E-state index is -3.27. The molecule has 160 valence electrons. The van der Waals surface area contributed by atoms with Crippen molar-refractivity contribution in [2.24, 2.45) is 4.99 Å². The van der Waals surface area contributed by atoms with E-state index in [0.29, 0.717) is 19.0 Å². The number of sulfonamides is 1. The number of rotatable bonds is 9. The smallest absolute Gasteiger partial charge is 0.215 e.